The molecule has 0 saturated heterocycles. The Bertz CT molecular complexity index is 338. The maximum atomic E-state index is 11.8. The van der Waals surface area contributed by atoms with E-state index >= 15 is 0 Å². The maximum Gasteiger partial charge on any atom is 0.441 e. The highest BCUT2D eigenvalue weighted by Crippen LogP contribution is 2.31. The number of anilines is 2. The first-order valence-electron chi connectivity index (χ1n) is 4.10. The van der Waals surface area contributed by atoms with Gasteiger partial charge in [-0.2, -0.15) is 13.2 Å². The summed E-state index contributed by atoms with van der Waals surface area (Å²) in [7, 11) is 0. The monoisotopic (exact) mass is 270 g/mol. The number of nitrogens with zero attached hydrogens (tertiary/aromatic N) is 2. The fraction of sp³-hybridized carbons (Fsp3) is 0.429. The number of rotatable bonds is 4. The average Bonchev–Trinajstić information content (AvgIpc) is 2.09. The lowest BCUT2D eigenvalue weighted by molar-refractivity contribution is -0.0326. The molecular formula is C7H9F3N4S2. The van der Waals surface area contributed by atoms with Crippen molar-refractivity contribution in [3.8, 4) is 0 Å². The minimum absolute atomic E-state index is 0.0633. The van der Waals surface area contributed by atoms with Crippen LogP contribution in [0.1, 0.15) is 0 Å². The van der Waals surface area contributed by atoms with Crippen molar-refractivity contribution in [2.75, 3.05) is 23.0 Å². The lowest BCUT2D eigenvalue weighted by atomic mass is 10.5. The summed E-state index contributed by atoms with van der Waals surface area (Å²) in [4.78, 5) is 7.65. The average molecular weight is 270 g/mol. The SMILES string of the molecule is Nc1cc(N)nc(SCCSC(F)(F)F)n1. The van der Waals surface area contributed by atoms with Gasteiger partial charge in [-0.05, 0) is 0 Å². The molecule has 0 spiro atoms. The first-order valence-corrected chi connectivity index (χ1v) is 6.07. The van der Waals surface area contributed by atoms with Gasteiger partial charge < -0.3 is 11.5 Å². The summed E-state index contributed by atoms with van der Waals surface area (Å²) in [6.07, 6.45) is 0. The summed E-state index contributed by atoms with van der Waals surface area (Å²) >= 11 is 1.01. The third-order valence-corrected chi connectivity index (χ3v) is 3.17. The van der Waals surface area contributed by atoms with E-state index in [1.807, 2.05) is 0 Å². The molecule has 0 amide bonds. The molecule has 0 radical (unpaired) electrons. The van der Waals surface area contributed by atoms with Gasteiger partial charge in [0.2, 0.25) is 0 Å². The minimum atomic E-state index is -4.20. The van der Waals surface area contributed by atoms with Crippen molar-refractivity contribution in [3.05, 3.63) is 6.07 Å². The van der Waals surface area contributed by atoms with E-state index in [2.05, 4.69) is 9.97 Å². The number of hydrogen-bond acceptors (Lipinski definition) is 6. The highest BCUT2D eigenvalue weighted by molar-refractivity contribution is 8.03. The third-order valence-electron chi connectivity index (χ3n) is 1.33. The molecule has 4 nitrogen and oxygen atoms in total. The number of halogens is 3. The minimum Gasteiger partial charge on any atom is -0.383 e. The van der Waals surface area contributed by atoms with Gasteiger partial charge in [0, 0.05) is 17.6 Å². The predicted molar refractivity (Wildman–Crippen MR) is 60.1 cm³/mol. The molecule has 0 atom stereocenters. The fourth-order valence-corrected chi connectivity index (χ4v) is 2.24. The van der Waals surface area contributed by atoms with Gasteiger partial charge in [0.1, 0.15) is 11.6 Å². The molecule has 1 aromatic heterocycles. The molecule has 4 N–H and O–H groups in total. The van der Waals surface area contributed by atoms with E-state index in [1.54, 1.807) is 0 Å². The van der Waals surface area contributed by atoms with Gasteiger partial charge in [-0.25, -0.2) is 9.97 Å². The molecule has 90 valence electrons. The standard InChI is InChI=1S/C7H9F3N4S2/c8-7(9,10)16-2-1-15-6-13-4(11)3-5(12)14-6/h3H,1-2H2,(H4,11,12,13,14). The van der Waals surface area contributed by atoms with E-state index in [0.29, 0.717) is 5.16 Å². The highest BCUT2D eigenvalue weighted by Gasteiger charge is 2.27. The van der Waals surface area contributed by atoms with Crippen molar-refractivity contribution in [1.82, 2.24) is 9.97 Å². The van der Waals surface area contributed by atoms with Crippen LogP contribution >= 0.6 is 23.5 Å². The number of alkyl halides is 3. The van der Waals surface area contributed by atoms with Crippen molar-refractivity contribution in [3.63, 3.8) is 0 Å². The molecule has 16 heavy (non-hydrogen) atoms. The quantitative estimate of drug-likeness (QED) is 0.495. The topological polar surface area (TPSA) is 77.8 Å². The Hall–Kier alpha value is -0.830. The lowest BCUT2D eigenvalue weighted by Crippen LogP contribution is -2.03. The molecule has 0 aliphatic heterocycles. The number of aromatic nitrogens is 2. The van der Waals surface area contributed by atoms with Crippen LogP contribution in [0.2, 0.25) is 0 Å². The van der Waals surface area contributed by atoms with Gasteiger partial charge in [0.25, 0.3) is 0 Å². The summed E-state index contributed by atoms with van der Waals surface area (Å²) in [6, 6.07) is 1.38. The lowest BCUT2D eigenvalue weighted by Gasteiger charge is -2.05. The first-order chi connectivity index (χ1) is 7.37. The predicted octanol–water partition coefficient (Wildman–Crippen LogP) is 1.99. The molecular weight excluding hydrogens is 261 g/mol. The van der Waals surface area contributed by atoms with Crippen LogP contribution in [-0.4, -0.2) is 27.0 Å². The molecule has 9 heteroatoms. The molecule has 0 saturated carbocycles. The van der Waals surface area contributed by atoms with Crippen LogP contribution in [0.5, 0.6) is 0 Å². The summed E-state index contributed by atoms with van der Waals surface area (Å²) < 4.78 is 35.4. The Balaban J connectivity index is 2.37. The van der Waals surface area contributed by atoms with Crippen molar-refractivity contribution < 1.29 is 13.2 Å². The molecule has 0 fully saturated rings. The van der Waals surface area contributed by atoms with Gasteiger partial charge in [-0.15, -0.1) is 0 Å². The smallest absolute Gasteiger partial charge is 0.383 e. The molecule has 0 bridgehead atoms. The zero-order valence-corrected chi connectivity index (χ0v) is 9.62. The van der Waals surface area contributed by atoms with Gasteiger partial charge in [0.05, 0.1) is 0 Å². The van der Waals surface area contributed by atoms with Crippen molar-refractivity contribution >= 4 is 35.2 Å². The second-order valence-corrected chi connectivity index (χ2v) is 4.86. The van der Waals surface area contributed by atoms with Crippen LogP contribution in [0.15, 0.2) is 11.2 Å². The molecule has 1 rings (SSSR count). The fourth-order valence-electron chi connectivity index (χ4n) is 0.817. The van der Waals surface area contributed by atoms with E-state index in [0.717, 1.165) is 11.8 Å². The van der Waals surface area contributed by atoms with Crippen LogP contribution < -0.4 is 11.5 Å². The first kappa shape index (κ1) is 13.2. The van der Waals surface area contributed by atoms with E-state index in [4.69, 9.17) is 11.5 Å². The molecule has 0 aliphatic carbocycles. The van der Waals surface area contributed by atoms with Gasteiger partial charge >= 0.3 is 5.51 Å². The van der Waals surface area contributed by atoms with Gasteiger partial charge in [-0.1, -0.05) is 23.5 Å². The van der Waals surface area contributed by atoms with Gasteiger partial charge in [0.15, 0.2) is 5.16 Å². The summed E-state index contributed by atoms with van der Waals surface area (Å²) in [6.45, 7) is 0. The van der Waals surface area contributed by atoms with Crippen molar-refractivity contribution in [2.45, 2.75) is 10.7 Å². The molecule has 0 aromatic carbocycles. The Morgan fingerprint density at radius 3 is 2.19 bits per heavy atom. The number of thioether (sulfide) groups is 2. The number of nitrogen functional groups attached to an aromatic ring is 2. The van der Waals surface area contributed by atoms with Crippen molar-refractivity contribution in [2.24, 2.45) is 0 Å². The molecule has 1 aromatic rings. The van der Waals surface area contributed by atoms with Crippen LogP contribution in [0, 0.1) is 0 Å². The van der Waals surface area contributed by atoms with Gasteiger partial charge in [-0.3, -0.25) is 0 Å². The Morgan fingerprint density at radius 1 is 1.12 bits per heavy atom. The van der Waals surface area contributed by atoms with E-state index in [-0.39, 0.29) is 34.9 Å². The molecule has 0 aliphatic rings. The number of hydrogen-bond donors (Lipinski definition) is 2. The summed E-state index contributed by atoms with van der Waals surface area (Å²) in [5, 5.41) is 0.292. The van der Waals surface area contributed by atoms with E-state index in [9.17, 15) is 13.2 Å². The Morgan fingerprint density at radius 2 is 1.69 bits per heavy atom. The van der Waals surface area contributed by atoms with E-state index < -0.39 is 5.51 Å². The number of nitrogens with two attached hydrogens (primary N) is 2. The Labute approximate surface area is 98.4 Å². The zero-order valence-electron chi connectivity index (χ0n) is 7.99. The second-order valence-electron chi connectivity index (χ2n) is 2.64. The molecule has 0 unspecified atom stereocenters. The van der Waals surface area contributed by atoms with Crippen molar-refractivity contribution in [1.29, 1.82) is 0 Å². The van der Waals surface area contributed by atoms with Crippen LogP contribution in [0.25, 0.3) is 0 Å². The highest BCUT2D eigenvalue weighted by atomic mass is 32.2. The normalized spacial score (nSPS) is 11.7. The third kappa shape index (κ3) is 5.31. The van der Waals surface area contributed by atoms with Crippen LogP contribution in [-0.2, 0) is 0 Å². The van der Waals surface area contributed by atoms with E-state index in [1.165, 1.54) is 6.07 Å². The summed E-state index contributed by atoms with van der Waals surface area (Å²) in [5.41, 5.74) is 6.61. The zero-order chi connectivity index (χ0) is 12.2. The van der Waals surface area contributed by atoms with Crippen LogP contribution in [0.3, 0.4) is 0 Å². The Kier molecular flexibility index (Phi) is 4.54. The largest absolute Gasteiger partial charge is 0.441 e. The maximum absolute atomic E-state index is 11.8. The second kappa shape index (κ2) is 5.48. The van der Waals surface area contributed by atoms with Crippen LogP contribution in [0.4, 0.5) is 24.8 Å². The summed E-state index contributed by atoms with van der Waals surface area (Å²) in [5.74, 6) is 0.594. The molecule has 1 heterocycles.